The number of quaternary nitrogens is 1. The average molecular weight is 323 g/mol. The summed E-state index contributed by atoms with van der Waals surface area (Å²) < 4.78 is 0. The Kier molecular flexibility index (Phi) is 9.13. The van der Waals surface area contributed by atoms with E-state index in [1.807, 2.05) is 0 Å². The molecule has 0 bridgehead atoms. The third kappa shape index (κ3) is 8.87. The average Bonchev–Trinajstić information content (AvgIpc) is 2.41. The summed E-state index contributed by atoms with van der Waals surface area (Å²) in [6.45, 7) is -0.548. The van der Waals surface area contributed by atoms with E-state index in [2.05, 4.69) is 29.0 Å². The van der Waals surface area contributed by atoms with Crippen molar-refractivity contribution in [2.75, 3.05) is 12.3 Å². The van der Waals surface area contributed by atoms with Crippen LogP contribution in [0.5, 0.6) is 0 Å². The van der Waals surface area contributed by atoms with Crippen molar-refractivity contribution in [3.63, 3.8) is 0 Å². The number of hydrogen-bond donors (Lipinski definition) is 5. The van der Waals surface area contributed by atoms with Crippen molar-refractivity contribution in [3.05, 3.63) is 0 Å². The molecule has 2 atom stereocenters. The van der Waals surface area contributed by atoms with E-state index >= 15 is 0 Å². The summed E-state index contributed by atoms with van der Waals surface area (Å²) in [6, 6.07) is -1.84. The second-order valence-corrected chi connectivity index (χ2v) is 4.69. The molecule has 0 spiro atoms. The van der Waals surface area contributed by atoms with Gasteiger partial charge in [-0.3, -0.25) is 14.4 Å². The van der Waals surface area contributed by atoms with Crippen LogP contribution in [0.4, 0.5) is 0 Å². The van der Waals surface area contributed by atoms with Crippen LogP contribution in [0, 0.1) is 0 Å². The zero-order valence-electron chi connectivity index (χ0n) is 11.3. The minimum absolute atomic E-state index is 0.00813. The van der Waals surface area contributed by atoms with Crippen molar-refractivity contribution >= 4 is 36.4 Å². The highest BCUT2D eigenvalue weighted by atomic mass is 32.1. The predicted molar refractivity (Wildman–Crippen MR) is 72.0 cm³/mol. The molecule has 0 aliphatic rings. The van der Waals surface area contributed by atoms with E-state index in [0.29, 0.717) is 0 Å². The normalized spacial score (nSPS) is 13.0. The third-order valence-corrected chi connectivity index (χ3v) is 2.90. The summed E-state index contributed by atoms with van der Waals surface area (Å²) in [5.74, 6) is -3.57. The van der Waals surface area contributed by atoms with Gasteiger partial charge in [0.25, 0.3) is 0 Å². The number of amides is 2. The molecular formula is C11H19N3O6S. The number of thiol groups is 1. The molecule has 6 N–H and O–H groups in total. The molecule has 0 unspecified atom stereocenters. The van der Waals surface area contributed by atoms with Crippen LogP contribution >= 0.6 is 12.6 Å². The fourth-order valence-electron chi connectivity index (χ4n) is 1.37. The van der Waals surface area contributed by atoms with Gasteiger partial charge in [-0.25, -0.2) is 0 Å². The number of aliphatic carboxylic acids is 2. The van der Waals surface area contributed by atoms with Crippen molar-refractivity contribution in [1.29, 1.82) is 0 Å². The summed E-state index contributed by atoms with van der Waals surface area (Å²) in [5, 5.41) is 23.4. The Bertz CT molecular complexity index is 403. The Hall–Kier alpha value is -1.81. The van der Waals surface area contributed by atoms with Crippen LogP contribution in [-0.4, -0.2) is 53.2 Å². The first-order valence-electron chi connectivity index (χ1n) is 6.21. The van der Waals surface area contributed by atoms with Gasteiger partial charge in [0.15, 0.2) is 0 Å². The molecule has 0 saturated carbocycles. The van der Waals surface area contributed by atoms with Gasteiger partial charge < -0.3 is 31.4 Å². The summed E-state index contributed by atoms with van der Waals surface area (Å²) in [5.41, 5.74) is 3.35. The Labute approximate surface area is 126 Å². The first-order chi connectivity index (χ1) is 9.77. The summed E-state index contributed by atoms with van der Waals surface area (Å²) in [7, 11) is 0. The molecule has 0 aliphatic heterocycles. The van der Waals surface area contributed by atoms with E-state index in [-0.39, 0.29) is 25.0 Å². The third-order valence-electron chi connectivity index (χ3n) is 2.54. The van der Waals surface area contributed by atoms with E-state index in [1.165, 1.54) is 0 Å². The SMILES string of the molecule is [NH3+][C@@H](CCCC(=O)N[C@@H]([13CH2]S)C(=O)[15NH]CC(=O)O)C(=O)[O-]. The standard InChI is InChI=1S/C11H19N3O6S/c12-6(11(19)20)2-1-3-8(15)14-7(5-21)10(18)13-4-9(16)17/h6-7,21H,1-5,12H2,(H,13,18)(H,14,15)(H,16,17)(H,19,20)/t6-,7-/m0/s1/i5+1,13+1. The Morgan fingerprint density at radius 3 is 2.38 bits per heavy atom. The summed E-state index contributed by atoms with van der Waals surface area (Å²) >= 11 is 3.91. The maximum absolute atomic E-state index is 11.6. The molecule has 0 aliphatic carbocycles. The Balaban J connectivity index is 4.11. The number of carboxylic acids is 2. The van der Waals surface area contributed by atoms with Gasteiger partial charge in [-0.15, -0.1) is 0 Å². The molecule has 0 saturated heterocycles. The maximum atomic E-state index is 11.6. The maximum Gasteiger partial charge on any atom is 0.322 e. The molecule has 0 aromatic rings. The van der Waals surface area contributed by atoms with Gasteiger partial charge >= 0.3 is 5.97 Å². The van der Waals surface area contributed by atoms with Crippen LogP contribution in [0.25, 0.3) is 0 Å². The van der Waals surface area contributed by atoms with E-state index in [9.17, 15) is 24.3 Å². The van der Waals surface area contributed by atoms with Crippen molar-refractivity contribution in [2.45, 2.75) is 31.3 Å². The van der Waals surface area contributed by atoms with E-state index < -0.39 is 42.4 Å². The molecule has 2 amide bonds. The Morgan fingerprint density at radius 1 is 1.29 bits per heavy atom. The van der Waals surface area contributed by atoms with Gasteiger partial charge in [0, 0.05) is 18.6 Å². The van der Waals surface area contributed by atoms with Crippen LogP contribution in [0.15, 0.2) is 0 Å². The van der Waals surface area contributed by atoms with E-state index in [1.54, 1.807) is 0 Å². The minimum Gasteiger partial charge on any atom is -0.544 e. The molecule has 21 heavy (non-hydrogen) atoms. The Morgan fingerprint density at radius 2 is 1.90 bits per heavy atom. The number of rotatable bonds is 10. The van der Waals surface area contributed by atoms with Crippen molar-refractivity contribution in [3.8, 4) is 0 Å². The first-order valence-corrected chi connectivity index (χ1v) is 6.84. The quantitative estimate of drug-likeness (QED) is 0.157. The topological polar surface area (TPSA) is 163 Å². The zero-order valence-corrected chi connectivity index (χ0v) is 12.2. The number of carbonyl (C=O) groups is 4. The van der Waals surface area contributed by atoms with Gasteiger partial charge in [-0.1, -0.05) is 0 Å². The minimum atomic E-state index is -1.28. The fourth-order valence-corrected chi connectivity index (χ4v) is 1.63. The van der Waals surface area contributed by atoms with E-state index in [4.69, 9.17) is 5.11 Å². The first kappa shape index (κ1) is 19.2. The van der Waals surface area contributed by atoms with Gasteiger partial charge in [0.2, 0.25) is 11.8 Å². The lowest BCUT2D eigenvalue weighted by Gasteiger charge is -2.16. The van der Waals surface area contributed by atoms with E-state index in [0.717, 1.165) is 0 Å². The number of hydrogen-bond acceptors (Lipinski definition) is 6. The highest BCUT2D eigenvalue weighted by molar-refractivity contribution is 7.80. The summed E-state index contributed by atoms with van der Waals surface area (Å²) in [4.78, 5) is 43.9. The smallest absolute Gasteiger partial charge is 0.322 e. The number of nitrogens with one attached hydrogen (secondary N) is 2. The monoisotopic (exact) mass is 323 g/mol. The number of carboxylic acid groups (broad SMARTS) is 2. The fraction of sp³-hybridized carbons (Fsp3) is 0.636. The van der Waals surface area contributed by atoms with Crippen LogP contribution in [-0.2, 0) is 19.2 Å². The molecule has 10 heteroatoms. The van der Waals surface area contributed by atoms with Crippen LogP contribution < -0.4 is 21.5 Å². The second kappa shape index (κ2) is 10.00. The zero-order chi connectivity index (χ0) is 16.4. The highest BCUT2D eigenvalue weighted by Gasteiger charge is 2.19. The molecule has 9 nitrogen and oxygen atoms in total. The van der Waals surface area contributed by atoms with Gasteiger partial charge in [0.1, 0.15) is 18.6 Å². The van der Waals surface area contributed by atoms with Crippen LogP contribution in [0.3, 0.4) is 0 Å². The lowest BCUT2D eigenvalue weighted by molar-refractivity contribution is -0.438. The van der Waals surface area contributed by atoms with Crippen LogP contribution in [0.2, 0.25) is 0 Å². The molecule has 0 rings (SSSR count). The lowest BCUT2D eigenvalue weighted by atomic mass is 10.1. The molecule has 0 heterocycles. The van der Waals surface area contributed by atoms with Gasteiger partial charge in [-0.05, 0) is 6.42 Å². The largest absolute Gasteiger partial charge is 0.544 e. The molecule has 0 fully saturated rings. The molecule has 0 radical (unpaired) electrons. The molecule has 0 aromatic carbocycles. The summed E-state index contributed by atoms with van der Waals surface area (Å²) in [6.07, 6.45) is 0.492. The van der Waals surface area contributed by atoms with Crippen molar-refractivity contribution in [2.24, 2.45) is 0 Å². The lowest BCUT2D eigenvalue weighted by Crippen LogP contribution is -2.68. The predicted octanol–water partition coefficient (Wildman–Crippen LogP) is -3.87. The van der Waals surface area contributed by atoms with Gasteiger partial charge in [-0.2, -0.15) is 12.6 Å². The van der Waals surface area contributed by atoms with Crippen LogP contribution in [0.1, 0.15) is 19.3 Å². The number of carbonyl (C=O) groups excluding carboxylic acids is 3. The highest BCUT2D eigenvalue weighted by Crippen LogP contribution is 1.99. The molecule has 0 aromatic heterocycles. The van der Waals surface area contributed by atoms with Crippen molar-refractivity contribution < 1.29 is 35.1 Å². The van der Waals surface area contributed by atoms with Crippen molar-refractivity contribution in [1.82, 2.24) is 10.6 Å². The van der Waals surface area contributed by atoms with Gasteiger partial charge in [0.05, 0.1) is 5.97 Å². The molecular weight excluding hydrogens is 304 g/mol. The second-order valence-electron chi connectivity index (χ2n) is 4.32. The molecule has 120 valence electrons.